The van der Waals surface area contributed by atoms with Crippen LogP contribution in [0.1, 0.15) is 0 Å². The van der Waals surface area contributed by atoms with Crippen LogP contribution in [0.4, 0.5) is 22.0 Å². The molecule has 0 aliphatic rings. The molecule has 0 saturated heterocycles. The third-order valence-corrected chi connectivity index (χ3v) is 2.42. The second kappa shape index (κ2) is 4.40. The van der Waals surface area contributed by atoms with Gasteiger partial charge in [0.2, 0.25) is 11.9 Å². The van der Waals surface area contributed by atoms with Crippen LogP contribution in [0, 0.1) is 5.82 Å². The molecule has 0 bridgehead atoms. The zero-order chi connectivity index (χ0) is 11.5. The Kier molecular flexibility index (Phi) is 2.95. The Hall–Kier alpha value is -1.76. The van der Waals surface area contributed by atoms with Crippen LogP contribution >= 0.6 is 15.9 Å². The second-order valence-electron chi connectivity index (χ2n) is 2.92. The molecule has 0 amide bonds. The third-order valence-electron chi connectivity index (χ3n) is 1.77. The summed E-state index contributed by atoms with van der Waals surface area (Å²) in [6.07, 6.45) is 1.29. The molecule has 2 aromatic rings. The highest BCUT2D eigenvalue weighted by Gasteiger charge is 2.03. The molecule has 82 valence electrons. The summed E-state index contributed by atoms with van der Waals surface area (Å²) in [7, 11) is 0. The van der Waals surface area contributed by atoms with Crippen LogP contribution in [0.3, 0.4) is 0 Å². The van der Waals surface area contributed by atoms with Crippen LogP contribution in [-0.4, -0.2) is 15.0 Å². The summed E-state index contributed by atoms with van der Waals surface area (Å²) in [5.74, 6) is 0.100. The van der Waals surface area contributed by atoms with Gasteiger partial charge in [-0.25, -0.2) is 14.4 Å². The van der Waals surface area contributed by atoms with E-state index in [1.807, 2.05) is 0 Å². The minimum absolute atomic E-state index is 0.121. The van der Waals surface area contributed by atoms with Crippen LogP contribution < -0.4 is 11.1 Å². The Morgan fingerprint density at radius 1 is 1.31 bits per heavy atom. The number of hydrogen-bond acceptors (Lipinski definition) is 5. The molecule has 2 rings (SSSR count). The van der Waals surface area contributed by atoms with E-state index < -0.39 is 0 Å². The zero-order valence-electron chi connectivity index (χ0n) is 7.98. The molecule has 16 heavy (non-hydrogen) atoms. The molecule has 1 aromatic carbocycles. The number of nitrogen functional groups attached to an aromatic ring is 1. The van der Waals surface area contributed by atoms with E-state index in [1.165, 1.54) is 18.5 Å². The van der Waals surface area contributed by atoms with Gasteiger partial charge in [0.25, 0.3) is 0 Å². The molecule has 0 aliphatic carbocycles. The lowest BCUT2D eigenvalue weighted by molar-refractivity contribution is 0.627. The predicted octanol–water partition coefficient (Wildman–Crippen LogP) is 2.10. The van der Waals surface area contributed by atoms with E-state index in [-0.39, 0.29) is 11.8 Å². The van der Waals surface area contributed by atoms with E-state index in [1.54, 1.807) is 6.07 Å². The van der Waals surface area contributed by atoms with Gasteiger partial charge in [0.15, 0.2) is 0 Å². The van der Waals surface area contributed by atoms with Crippen molar-refractivity contribution >= 4 is 33.5 Å². The average Bonchev–Trinajstić information content (AvgIpc) is 2.22. The zero-order valence-corrected chi connectivity index (χ0v) is 9.57. The van der Waals surface area contributed by atoms with Gasteiger partial charge >= 0.3 is 0 Å². The minimum atomic E-state index is -0.326. The first-order valence-corrected chi connectivity index (χ1v) is 5.11. The van der Waals surface area contributed by atoms with E-state index in [0.717, 1.165) is 0 Å². The van der Waals surface area contributed by atoms with Crippen molar-refractivity contribution in [3.05, 3.63) is 34.8 Å². The Bertz CT molecular complexity index is 519. The van der Waals surface area contributed by atoms with Gasteiger partial charge in [0.05, 0.1) is 5.69 Å². The van der Waals surface area contributed by atoms with Crippen molar-refractivity contribution in [1.82, 2.24) is 15.0 Å². The summed E-state index contributed by atoms with van der Waals surface area (Å²) < 4.78 is 13.4. The fraction of sp³-hybridized carbons (Fsp3) is 0. The summed E-state index contributed by atoms with van der Waals surface area (Å²) >= 11 is 3.22. The molecule has 1 heterocycles. The fourth-order valence-electron chi connectivity index (χ4n) is 1.08. The Morgan fingerprint density at radius 2 is 2.12 bits per heavy atom. The van der Waals surface area contributed by atoms with Gasteiger partial charge < -0.3 is 11.1 Å². The molecule has 0 unspecified atom stereocenters. The molecule has 0 atom stereocenters. The van der Waals surface area contributed by atoms with Crippen molar-refractivity contribution in [2.45, 2.75) is 0 Å². The highest BCUT2D eigenvalue weighted by Crippen LogP contribution is 2.25. The third kappa shape index (κ3) is 2.43. The summed E-state index contributed by atoms with van der Waals surface area (Å²) in [5, 5.41) is 2.88. The molecule has 3 N–H and O–H groups in total. The van der Waals surface area contributed by atoms with Crippen molar-refractivity contribution < 1.29 is 4.39 Å². The first-order valence-electron chi connectivity index (χ1n) is 4.32. The van der Waals surface area contributed by atoms with Crippen LogP contribution in [0.25, 0.3) is 0 Å². The average molecular weight is 284 g/mol. The maximum atomic E-state index is 12.8. The maximum Gasteiger partial charge on any atom is 0.232 e. The second-order valence-corrected chi connectivity index (χ2v) is 3.77. The van der Waals surface area contributed by atoms with Gasteiger partial charge in [-0.05, 0) is 34.1 Å². The summed E-state index contributed by atoms with van der Waals surface area (Å²) in [5.41, 5.74) is 6.05. The lowest BCUT2D eigenvalue weighted by atomic mass is 10.3. The molecule has 1 aromatic heterocycles. The highest BCUT2D eigenvalue weighted by molar-refractivity contribution is 9.10. The van der Waals surface area contributed by atoms with Gasteiger partial charge in [-0.2, -0.15) is 4.98 Å². The van der Waals surface area contributed by atoms with Gasteiger partial charge in [0, 0.05) is 4.47 Å². The SMILES string of the molecule is Nc1ncnc(Nc2ccc(F)cc2Br)n1. The smallest absolute Gasteiger partial charge is 0.232 e. The molecule has 0 saturated carbocycles. The number of nitrogens with one attached hydrogen (secondary N) is 1. The number of rotatable bonds is 2. The molecular weight excluding hydrogens is 277 g/mol. The van der Waals surface area contributed by atoms with E-state index in [0.29, 0.717) is 16.1 Å². The van der Waals surface area contributed by atoms with Gasteiger partial charge in [-0.1, -0.05) is 0 Å². The van der Waals surface area contributed by atoms with E-state index in [2.05, 4.69) is 36.2 Å². The topological polar surface area (TPSA) is 76.7 Å². The van der Waals surface area contributed by atoms with Gasteiger partial charge in [-0.15, -0.1) is 0 Å². The number of hydrogen-bond donors (Lipinski definition) is 2. The Balaban J connectivity index is 2.27. The number of benzene rings is 1. The van der Waals surface area contributed by atoms with Crippen molar-refractivity contribution in [2.75, 3.05) is 11.1 Å². The van der Waals surface area contributed by atoms with E-state index >= 15 is 0 Å². The monoisotopic (exact) mass is 283 g/mol. The highest BCUT2D eigenvalue weighted by atomic mass is 79.9. The number of aromatic nitrogens is 3. The van der Waals surface area contributed by atoms with Gasteiger partial charge in [0.1, 0.15) is 12.1 Å². The predicted molar refractivity (Wildman–Crippen MR) is 61.6 cm³/mol. The summed E-state index contributed by atoms with van der Waals surface area (Å²) in [6.45, 7) is 0. The largest absolute Gasteiger partial charge is 0.368 e. The lowest BCUT2D eigenvalue weighted by Crippen LogP contribution is -2.02. The molecule has 0 radical (unpaired) electrons. The molecule has 0 aliphatic heterocycles. The minimum Gasteiger partial charge on any atom is -0.368 e. The van der Waals surface area contributed by atoms with E-state index in [4.69, 9.17) is 5.73 Å². The fourth-order valence-corrected chi connectivity index (χ4v) is 1.53. The van der Waals surface area contributed by atoms with Crippen LogP contribution in [0.2, 0.25) is 0 Å². The Morgan fingerprint density at radius 3 is 2.81 bits per heavy atom. The van der Waals surface area contributed by atoms with E-state index in [9.17, 15) is 4.39 Å². The van der Waals surface area contributed by atoms with Crippen LogP contribution in [0.15, 0.2) is 29.0 Å². The standard InChI is InChI=1S/C9H7BrFN5/c10-6-3-5(11)1-2-7(6)15-9-14-4-13-8(12)16-9/h1-4H,(H3,12,13,14,15,16). The summed E-state index contributed by atoms with van der Waals surface area (Å²) in [4.78, 5) is 11.4. The van der Waals surface area contributed by atoms with Crippen LogP contribution in [-0.2, 0) is 0 Å². The number of halogens is 2. The van der Waals surface area contributed by atoms with Crippen molar-refractivity contribution in [3.8, 4) is 0 Å². The molecule has 0 fully saturated rings. The number of anilines is 3. The molecule has 5 nitrogen and oxygen atoms in total. The first kappa shape index (κ1) is 10.7. The lowest BCUT2D eigenvalue weighted by Gasteiger charge is -2.06. The normalized spacial score (nSPS) is 10.1. The van der Waals surface area contributed by atoms with Crippen molar-refractivity contribution in [2.24, 2.45) is 0 Å². The quantitative estimate of drug-likeness (QED) is 0.883. The number of nitrogens with two attached hydrogens (primary N) is 1. The summed E-state index contributed by atoms with van der Waals surface area (Å²) in [6, 6.07) is 4.24. The van der Waals surface area contributed by atoms with Crippen LogP contribution in [0.5, 0.6) is 0 Å². The molecule has 7 heteroatoms. The van der Waals surface area contributed by atoms with Gasteiger partial charge in [-0.3, -0.25) is 0 Å². The number of nitrogens with zero attached hydrogens (tertiary/aromatic N) is 3. The van der Waals surface area contributed by atoms with Crippen molar-refractivity contribution in [3.63, 3.8) is 0 Å². The maximum absolute atomic E-state index is 12.8. The molecular formula is C9H7BrFN5. The first-order chi connectivity index (χ1) is 7.65. The molecule has 0 spiro atoms. The Labute approximate surface area is 99.1 Å². The van der Waals surface area contributed by atoms with Crippen molar-refractivity contribution in [1.29, 1.82) is 0 Å².